The highest BCUT2D eigenvalue weighted by Gasteiger charge is 2.60. The van der Waals surface area contributed by atoms with Gasteiger partial charge in [-0.3, -0.25) is 4.99 Å². The van der Waals surface area contributed by atoms with Crippen molar-refractivity contribution in [1.29, 1.82) is 0 Å². The van der Waals surface area contributed by atoms with Crippen molar-refractivity contribution in [3.05, 3.63) is 33.8 Å². The van der Waals surface area contributed by atoms with E-state index in [1.54, 1.807) is 0 Å². The van der Waals surface area contributed by atoms with Gasteiger partial charge in [0.25, 0.3) is 0 Å². The normalized spacial score (nSPS) is 37.1. The van der Waals surface area contributed by atoms with Crippen molar-refractivity contribution in [2.24, 2.45) is 16.8 Å². The summed E-state index contributed by atoms with van der Waals surface area (Å²) in [6, 6.07) is 6.09. The molecule has 0 aromatic heterocycles. The van der Waals surface area contributed by atoms with Crippen molar-refractivity contribution in [1.82, 2.24) is 4.90 Å². The molecule has 2 aliphatic carbocycles. The molecule has 1 aromatic rings. The summed E-state index contributed by atoms with van der Waals surface area (Å²) in [6.07, 6.45) is 6.25. The molecule has 3 nitrogen and oxygen atoms in total. The molecule has 0 radical (unpaired) electrons. The van der Waals surface area contributed by atoms with E-state index < -0.39 is 0 Å². The van der Waals surface area contributed by atoms with Gasteiger partial charge in [0, 0.05) is 35.5 Å². The minimum Gasteiger partial charge on any atom is -0.378 e. The smallest absolute Gasteiger partial charge is 0.0998 e. The van der Waals surface area contributed by atoms with Gasteiger partial charge < -0.3 is 9.64 Å². The molecule has 3 fully saturated rings. The van der Waals surface area contributed by atoms with Crippen LogP contribution >= 0.6 is 23.2 Å². The van der Waals surface area contributed by atoms with E-state index in [1.165, 1.54) is 37.1 Å². The van der Waals surface area contributed by atoms with Gasteiger partial charge in [0.15, 0.2) is 0 Å². The zero-order valence-electron chi connectivity index (χ0n) is 14.4. The summed E-state index contributed by atoms with van der Waals surface area (Å²) in [4.78, 5) is 7.89. The Morgan fingerprint density at radius 2 is 1.84 bits per heavy atom. The molecule has 4 aliphatic rings. The van der Waals surface area contributed by atoms with Crippen LogP contribution in [0.5, 0.6) is 0 Å². The molecule has 134 valence electrons. The number of hydrogen-bond donors (Lipinski definition) is 0. The summed E-state index contributed by atoms with van der Waals surface area (Å²) >= 11 is 12.7. The number of halogens is 2. The maximum atomic E-state index is 6.33. The Bertz CT molecular complexity index is 695. The van der Waals surface area contributed by atoms with Crippen molar-refractivity contribution in [3.8, 4) is 0 Å². The van der Waals surface area contributed by atoms with Gasteiger partial charge >= 0.3 is 0 Å². The second-order valence-electron chi connectivity index (χ2n) is 8.07. The highest BCUT2D eigenvalue weighted by Crippen LogP contribution is 2.63. The molecule has 4 unspecified atom stereocenters. The van der Waals surface area contributed by atoms with Crippen molar-refractivity contribution in [2.45, 2.75) is 43.6 Å². The first-order valence-electron chi connectivity index (χ1n) is 9.53. The van der Waals surface area contributed by atoms with Crippen LogP contribution in [0.1, 0.15) is 43.6 Å². The highest BCUT2D eigenvalue weighted by atomic mass is 35.5. The van der Waals surface area contributed by atoms with E-state index in [0.29, 0.717) is 5.92 Å². The third-order valence-electron chi connectivity index (χ3n) is 6.90. The first-order valence-corrected chi connectivity index (χ1v) is 10.3. The summed E-state index contributed by atoms with van der Waals surface area (Å²) in [5.74, 6) is 3.24. The lowest BCUT2D eigenvalue weighted by molar-refractivity contribution is 0.0674. The van der Waals surface area contributed by atoms with Crippen LogP contribution in [-0.4, -0.2) is 42.6 Å². The standard InChI is InChI=1S/C20H24Cl2N2O/c21-16-10-14(11-17(22)12-16)19-13-1-2-15(9-13)20(19)4-3-18(23-20)24-5-7-25-8-6-24/h10-13,15,19H,1-9H2. The summed E-state index contributed by atoms with van der Waals surface area (Å²) in [5.41, 5.74) is 1.38. The SMILES string of the molecule is Clc1cc(Cl)cc(C2C3CCC(C3)C23CCC(N2CCOCC2)=N3)c1. The lowest BCUT2D eigenvalue weighted by Crippen LogP contribution is -2.41. The van der Waals surface area contributed by atoms with Crippen LogP contribution in [-0.2, 0) is 4.74 Å². The van der Waals surface area contributed by atoms with E-state index in [9.17, 15) is 0 Å². The zero-order valence-corrected chi connectivity index (χ0v) is 15.9. The van der Waals surface area contributed by atoms with Gasteiger partial charge in [-0.1, -0.05) is 23.2 Å². The number of benzene rings is 1. The van der Waals surface area contributed by atoms with Crippen LogP contribution in [0.3, 0.4) is 0 Å². The van der Waals surface area contributed by atoms with Crippen molar-refractivity contribution in [3.63, 3.8) is 0 Å². The molecule has 1 saturated heterocycles. The molecule has 2 aliphatic heterocycles. The minimum atomic E-state index is 0.0740. The van der Waals surface area contributed by atoms with Crippen molar-refractivity contribution < 1.29 is 4.74 Å². The molecule has 0 amide bonds. The number of nitrogens with zero attached hydrogens (tertiary/aromatic N) is 2. The second-order valence-corrected chi connectivity index (χ2v) is 8.94. The molecule has 5 rings (SSSR count). The number of hydrogen-bond acceptors (Lipinski definition) is 3. The van der Waals surface area contributed by atoms with Gasteiger partial charge in [0.1, 0.15) is 0 Å². The third kappa shape index (κ3) is 2.62. The number of morpholine rings is 1. The molecule has 2 heterocycles. The first kappa shape index (κ1) is 16.4. The van der Waals surface area contributed by atoms with Gasteiger partial charge in [-0.2, -0.15) is 0 Å². The van der Waals surface area contributed by atoms with Gasteiger partial charge in [0.2, 0.25) is 0 Å². The fraction of sp³-hybridized carbons (Fsp3) is 0.650. The Labute approximate surface area is 159 Å². The van der Waals surface area contributed by atoms with Gasteiger partial charge in [-0.25, -0.2) is 0 Å². The molecular weight excluding hydrogens is 355 g/mol. The summed E-state index contributed by atoms with van der Waals surface area (Å²) in [7, 11) is 0. The summed E-state index contributed by atoms with van der Waals surface area (Å²) < 4.78 is 5.52. The van der Waals surface area contributed by atoms with E-state index in [2.05, 4.69) is 17.0 Å². The first-order chi connectivity index (χ1) is 12.2. The third-order valence-corrected chi connectivity index (χ3v) is 7.33. The summed E-state index contributed by atoms with van der Waals surface area (Å²) in [6.45, 7) is 3.62. The average molecular weight is 379 g/mol. The van der Waals surface area contributed by atoms with Gasteiger partial charge in [-0.05, 0) is 61.3 Å². The van der Waals surface area contributed by atoms with E-state index in [1.807, 2.05) is 6.07 Å². The van der Waals surface area contributed by atoms with Crippen LogP contribution in [0.25, 0.3) is 0 Å². The molecule has 25 heavy (non-hydrogen) atoms. The highest BCUT2D eigenvalue weighted by molar-refractivity contribution is 6.34. The summed E-state index contributed by atoms with van der Waals surface area (Å²) in [5, 5.41) is 1.49. The number of aliphatic imine (C=N–C) groups is 1. The molecular formula is C20H24Cl2N2O. The quantitative estimate of drug-likeness (QED) is 0.702. The van der Waals surface area contributed by atoms with Crippen LogP contribution in [0.15, 0.2) is 23.2 Å². The lowest BCUT2D eigenvalue weighted by atomic mass is 9.69. The largest absolute Gasteiger partial charge is 0.378 e. The lowest BCUT2D eigenvalue weighted by Gasteiger charge is -2.39. The number of ether oxygens (including phenoxy) is 1. The Kier molecular flexibility index (Phi) is 4.03. The molecule has 5 heteroatoms. The Hall–Kier alpha value is -0.770. The molecule has 0 N–H and O–H groups in total. The Morgan fingerprint density at radius 3 is 2.60 bits per heavy atom. The molecule has 1 spiro atoms. The predicted octanol–water partition coefficient (Wildman–Crippen LogP) is 4.77. The second kappa shape index (κ2) is 6.14. The van der Waals surface area contributed by atoms with Crippen LogP contribution in [0.2, 0.25) is 10.0 Å². The van der Waals surface area contributed by atoms with Gasteiger partial charge in [-0.15, -0.1) is 0 Å². The van der Waals surface area contributed by atoms with Crippen molar-refractivity contribution in [2.75, 3.05) is 26.3 Å². The number of fused-ring (bicyclic) bond motifs is 3. The van der Waals surface area contributed by atoms with E-state index in [-0.39, 0.29) is 5.54 Å². The topological polar surface area (TPSA) is 24.8 Å². The molecule has 4 atom stereocenters. The van der Waals surface area contributed by atoms with Gasteiger partial charge in [0.05, 0.1) is 24.6 Å². The van der Waals surface area contributed by atoms with Crippen LogP contribution in [0, 0.1) is 11.8 Å². The zero-order chi connectivity index (χ0) is 17.0. The minimum absolute atomic E-state index is 0.0740. The fourth-order valence-electron chi connectivity index (χ4n) is 5.99. The number of amidine groups is 1. The monoisotopic (exact) mass is 378 g/mol. The van der Waals surface area contributed by atoms with Crippen LogP contribution in [0.4, 0.5) is 0 Å². The number of rotatable bonds is 1. The van der Waals surface area contributed by atoms with E-state index in [0.717, 1.165) is 54.6 Å². The fourth-order valence-corrected chi connectivity index (χ4v) is 6.53. The molecule has 1 aromatic carbocycles. The Balaban J connectivity index is 1.53. The maximum Gasteiger partial charge on any atom is 0.0998 e. The van der Waals surface area contributed by atoms with Crippen molar-refractivity contribution >= 4 is 29.0 Å². The maximum absolute atomic E-state index is 6.33. The molecule has 2 bridgehead atoms. The van der Waals surface area contributed by atoms with Crippen LogP contribution < -0.4 is 0 Å². The van der Waals surface area contributed by atoms with E-state index in [4.69, 9.17) is 32.9 Å². The predicted molar refractivity (Wildman–Crippen MR) is 102 cm³/mol. The average Bonchev–Trinajstić information content (AvgIpc) is 3.30. The van der Waals surface area contributed by atoms with E-state index >= 15 is 0 Å². The Morgan fingerprint density at radius 1 is 1.08 bits per heavy atom. The molecule has 2 saturated carbocycles.